The first-order chi connectivity index (χ1) is 17.5. The largest absolute Gasteiger partial charge is 0.497 e. The van der Waals surface area contributed by atoms with Crippen molar-refractivity contribution in [2.75, 3.05) is 20.3 Å². The fourth-order valence-electron chi connectivity index (χ4n) is 3.79. The molecular formula is C29H33ClN2O4. The maximum absolute atomic E-state index is 13.6. The minimum absolute atomic E-state index is 0.188. The predicted octanol–water partition coefficient (Wildman–Crippen LogP) is 5.28. The molecule has 0 radical (unpaired) electrons. The van der Waals surface area contributed by atoms with Crippen molar-refractivity contribution in [2.24, 2.45) is 0 Å². The fraction of sp³-hybridized carbons (Fsp3) is 0.310. The standard InChI is InChI=1S/C29H33ClN2O4/c1-3-4-17-31-29(34)27(19-22-9-6-5-7-10-22)32(20-23-11-8-12-24(30)18-23)28(33)21-36-26-15-13-25(35-2)14-16-26/h5-16,18,27H,3-4,17,19-21H2,1-2H3,(H,31,34)/t27-/m1/s1. The van der Waals surface area contributed by atoms with Crippen LogP contribution in [0.15, 0.2) is 78.9 Å². The number of unbranched alkanes of at least 4 members (excludes halogenated alkanes) is 1. The number of amides is 2. The number of nitrogens with one attached hydrogen (secondary N) is 1. The van der Waals surface area contributed by atoms with Gasteiger partial charge in [-0.25, -0.2) is 0 Å². The van der Waals surface area contributed by atoms with Crippen molar-refractivity contribution in [3.8, 4) is 11.5 Å². The van der Waals surface area contributed by atoms with Crippen LogP contribution in [0.25, 0.3) is 0 Å². The van der Waals surface area contributed by atoms with Gasteiger partial charge in [-0.1, -0.05) is 67.4 Å². The van der Waals surface area contributed by atoms with Crippen molar-refractivity contribution >= 4 is 23.4 Å². The second-order valence-electron chi connectivity index (χ2n) is 8.47. The highest BCUT2D eigenvalue weighted by molar-refractivity contribution is 6.30. The SMILES string of the molecule is CCCCNC(=O)[C@@H](Cc1ccccc1)N(Cc1cccc(Cl)c1)C(=O)COc1ccc(OC)cc1. The molecular weight excluding hydrogens is 476 g/mol. The number of benzene rings is 3. The number of ether oxygens (including phenoxy) is 2. The summed E-state index contributed by atoms with van der Waals surface area (Å²) in [6.45, 7) is 2.64. The van der Waals surface area contributed by atoms with E-state index >= 15 is 0 Å². The third kappa shape index (κ3) is 8.31. The molecule has 36 heavy (non-hydrogen) atoms. The molecule has 0 fully saturated rings. The number of nitrogens with zero attached hydrogens (tertiary/aromatic N) is 1. The Morgan fingerprint density at radius 1 is 0.944 bits per heavy atom. The molecule has 0 saturated carbocycles. The van der Waals surface area contributed by atoms with E-state index in [1.807, 2.05) is 42.5 Å². The van der Waals surface area contributed by atoms with E-state index in [0.29, 0.717) is 29.5 Å². The van der Waals surface area contributed by atoms with Crippen LogP contribution in [0.2, 0.25) is 5.02 Å². The molecule has 0 aliphatic heterocycles. The number of hydrogen-bond donors (Lipinski definition) is 1. The van der Waals surface area contributed by atoms with Gasteiger partial charge >= 0.3 is 0 Å². The zero-order chi connectivity index (χ0) is 25.8. The topological polar surface area (TPSA) is 67.9 Å². The van der Waals surface area contributed by atoms with E-state index in [4.69, 9.17) is 21.1 Å². The first kappa shape index (κ1) is 27.1. The first-order valence-electron chi connectivity index (χ1n) is 12.1. The van der Waals surface area contributed by atoms with Crippen molar-refractivity contribution in [1.82, 2.24) is 10.2 Å². The first-order valence-corrected chi connectivity index (χ1v) is 12.5. The number of halogens is 1. The van der Waals surface area contributed by atoms with E-state index in [2.05, 4.69) is 12.2 Å². The molecule has 0 aliphatic carbocycles. The Balaban J connectivity index is 1.86. The van der Waals surface area contributed by atoms with Gasteiger partial charge in [-0.05, 0) is 53.9 Å². The third-order valence-corrected chi connectivity index (χ3v) is 6.00. The zero-order valence-electron chi connectivity index (χ0n) is 20.8. The zero-order valence-corrected chi connectivity index (χ0v) is 21.5. The third-order valence-electron chi connectivity index (χ3n) is 5.76. The maximum Gasteiger partial charge on any atom is 0.261 e. The van der Waals surface area contributed by atoms with Crippen LogP contribution < -0.4 is 14.8 Å². The van der Waals surface area contributed by atoms with Gasteiger partial charge in [-0.3, -0.25) is 9.59 Å². The highest BCUT2D eigenvalue weighted by atomic mass is 35.5. The lowest BCUT2D eigenvalue weighted by Crippen LogP contribution is -2.51. The summed E-state index contributed by atoms with van der Waals surface area (Å²) in [7, 11) is 1.59. The van der Waals surface area contributed by atoms with E-state index in [1.54, 1.807) is 48.4 Å². The summed E-state index contributed by atoms with van der Waals surface area (Å²) in [6.07, 6.45) is 2.21. The van der Waals surface area contributed by atoms with Gasteiger partial charge in [0.25, 0.3) is 5.91 Å². The summed E-state index contributed by atoms with van der Waals surface area (Å²) in [5.41, 5.74) is 1.80. The van der Waals surface area contributed by atoms with Crippen molar-refractivity contribution in [3.05, 3.63) is 95.0 Å². The molecule has 3 rings (SSSR count). The molecule has 0 aliphatic rings. The Kier molecular flexibility index (Phi) is 10.6. The molecule has 0 spiro atoms. The molecule has 7 heteroatoms. The number of hydrogen-bond acceptors (Lipinski definition) is 4. The summed E-state index contributed by atoms with van der Waals surface area (Å²) in [6, 6.07) is 23.3. The van der Waals surface area contributed by atoms with E-state index in [-0.39, 0.29) is 25.0 Å². The lowest BCUT2D eigenvalue weighted by atomic mass is 10.0. The van der Waals surface area contributed by atoms with Crippen LogP contribution in [0.1, 0.15) is 30.9 Å². The smallest absolute Gasteiger partial charge is 0.261 e. The van der Waals surface area contributed by atoms with E-state index in [0.717, 1.165) is 24.0 Å². The molecule has 3 aromatic carbocycles. The molecule has 0 heterocycles. The van der Waals surface area contributed by atoms with Crippen molar-refractivity contribution in [3.63, 3.8) is 0 Å². The van der Waals surface area contributed by atoms with Gasteiger partial charge in [0, 0.05) is 24.5 Å². The molecule has 2 amide bonds. The Hall–Kier alpha value is -3.51. The average molecular weight is 509 g/mol. The Labute approximate surface area is 218 Å². The van der Waals surface area contributed by atoms with Gasteiger partial charge in [-0.15, -0.1) is 0 Å². The Morgan fingerprint density at radius 2 is 1.64 bits per heavy atom. The van der Waals surface area contributed by atoms with E-state index in [1.165, 1.54) is 0 Å². The minimum atomic E-state index is -0.713. The lowest BCUT2D eigenvalue weighted by Gasteiger charge is -2.31. The van der Waals surface area contributed by atoms with E-state index in [9.17, 15) is 9.59 Å². The summed E-state index contributed by atoms with van der Waals surface area (Å²) in [5, 5.41) is 3.58. The van der Waals surface area contributed by atoms with Gasteiger partial charge in [-0.2, -0.15) is 0 Å². The average Bonchev–Trinajstić information content (AvgIpc) is 2.90. The highest BCUT2D eigenvalue weighted by Crippen LogP contribution is 2.20. The lowest BCUT2D eigenvalue weighted by molar-refractivity contribution is -0.142. The van der Waals surface area contributed by atoms with Gasteiger partial charge in [0.1, 0.15) is 17.5 Å². The van der Waals surface area contributed by atoms with Crippen LogP contribution in [0.3, 0.4) is 0 Å². The monoisotopic (exact) mass is 508 g/mol. The molecule has 190 valence electrons. The molecule has 0 unspecified atom stereocenters. The number of carbonyl (C=O) groups is 2. The van der Waals surface area contributed by atoms with Crippen LogP contribution in [0.5, 0.6) is 11.5 Å². The normalized spacial score (nSPS) is 11.4. The molecule has 1 atom stereocenters. The summed E-state index contributed by atoms with van der Waals surface area (Å²) >= 11 is 6.21. The quantitative estimate of drug-likeness (QED) is 0.319. The fourth-order valence-corrected chi connectivity index (χ4v) is 4.00. The number of rotatable bonds is 13. The second-order valence-corrected chi connectivity index (χ2v) is 8.90. The Morgan fingerprint density at radius 3 is 2.31 bits per heavy atom. The second kappa shape index (κ2) is 14.1. The Bertz CT molecular complexity index is 1110. The van der Waals surface area contributed by atoms with Crippen LogP contribution >= 0.6 is 11.6 Å². The summed E-state index contributed by atoms with van der Waals surface area (Å²) in [5.74, 6) is 0.756. The molecule has 3 aromatic rings. The number of carbonyl (C=O) groups excluding carboxylic acids is 2. The van der Waals surface area contributed by atoms with Gasteiger partial charge in [0.2, 0.25) is 5.91 Å². The molecule has 6 nitrogen and oxygen atoms in total. The van der Waals surface area contributed by atoms with Crippen LogP contribution in [0.4, 0.5) is 0 Å². The molecule has 0 aromatic heterocycles. The van der Waals surface area contributed by atoms with Gasteiger partial charge < -0.3 is 19.7 Å². The van der Waals surface area contributed by atoms with Crippen LogP contribution in [-0.2, 0) is 22.6 Å². The summed E-state index contributed by atoms with van der Waals surface area (Å²) < 4.78 is 11.0. The number of methoxy groups -OCH3 is 1. The highest BCUT2D eigenvalue weighted by Gasteiger charge is 2.30. The maximum atomic E-state index is 13.6. The predicted molar refractivity (Wildman–Crippen MR) is 142 cm³/mol. The molecule has 1 N–H and O–H groups in total. The minimum Gasteiger partial charge on any atom is -0.497 e. The van der Waals surface area contributed by atoms with Crippen LogP contribution in [-0.4, -0.2) is 43.0 Å². The van der Waals surface area contributed by atoms with Crippen molar-refractivity contribution in [1.29, 1.82) is 0 Å². The molecule has 0 saturated heterocycles. The molecule has 0 bridgehead atoms. The van der Waals surface area contributed by atoms with Crippen molar-refractivity contribution in [2.45, 2.75) is 38.8 Å². The van der Waals surface area contributed by atoms with Gasteiger partial charge in [0.05, 0.1) is 7.11 Å². The van der Waals surface area contributed by atoms with Crippen molar-refractivity contribution < 1.29 is 19.1 Å². The van der Waals surface area contributed by atoms with Crippen LogP contribution in [0, 0.1) is 0 Å². The van der Waals surface area contributed by atoms with E-state index < -0.39 is 6.04 Å². The van der Waals surface area contributed by atoms with Gasteiger partial charge in [0.15, 0.2) is 6.61 Å². The summed E-state index contributed by atoms with van der Waals surface area (Å²) in [4.78, 5) is 28.5.